The SMILES string of the molecule is COc1ncccc1CNC(C)C(C)C. The summed E-state index contributed by atoms with van der Waals surface area (Å²) in [6.07, 6.45) is 1.74. The largest absolute Gasteiger partial charge is 0.481 e. The molecule has 1 aromatic heterocycles. The highest BCUT2D eigenvalue weighted by molar-refractivity contribution is 5.25. The number of hydrogen-bond donors (Lipinski definition) is 1. The molecule has 0 saturated carbocycles. The lowest BCUT2D eigenvalue weighted by Gasteiger charge is -2.17. The van der Waals surface area contributed by atoms with Crippen LogP contribution in [0.3, 0.4) is 0 Å². The van der Waals surface area contributed by atoms with Gasteiger partial charge in [-0.05, 0) is 18.9 Å². The van der Waals surface area contributed by atoms with Gasteiger partial charge in [0.15, 0.2) is 0 Å². The molecule has 3 heteroatoms. The Hall–Kier alpha value is -1.09. The molecule has 0 spiro atoms. The summed E-state index contributed by atoms with van der Waals surface area (Å²) >= 11 is 0. The average molecular weight is 208 g/mol. The number of pyridine rings is 1. The first-order valence-electron chi connectivity index (χ1n) is 5.36. The van der Waals surface area contributed by atoms with Crippen LogP contribution in [0.4, 0.5) is 0 Å². The van der Waals surface area contributed by atoms with Gasteiger partial charge in [-0.25, -0.2) is 4.98 Å². The highest BCUT2D eigenvalue weighted by Crippen LogP contribution is 2.13. The molecule has 0 aliphatic heterocycles. The van der Waals surface area contributed by atoms with Crippen molar-refractivity contribution in [3.05, 3.63) is 23.9 Å². The zero-order valence-corrected chi connectivity index (χ0v) is 9.95. The van der Waals surface area contributed by atoms with Crippen molar-refractivity contribution in [3.8, 4) is 5.88 Å². The first-order chi connectivity index (χ1) is 7.15. The Labute approximate surface area is 91.9 Å². The van der Waals surface area contributed by atoms with Crippen molar-refractivity contribution >= 4 is 0 Å². The van der Waals surface area contributed by atoms with Crippen molar-refractivity contribution in [1.82, 2.24) is 10.3 Å². The van der Waals surface area contributed by atoms with E-state index >= 15 is 0 Å². The second kappa shape index (κ2) is 5.71. The topological polar surface area (TPSA) is 34.1 Å². The van der Waals surface area contributed by atoms with Crippen molar-refractivity contribution in [2.45, 2.75) is 33.4 Å². The van der Waals surface area contributed by atoms with Crippen LogP contribution < -0.4 is 10.1 Å². The smallest absolute Gasteiger partial charge is 0.217 e. The molecular weight excluding hydrogens is 188 g/mol. The van der Waals surface area contributed by atoms with Gasteiger partial charge in [0.2, 0.25) is 5.88 Å². The fourth-order valence-corrected chi connectivity index (χ4v) is 1.25. The molecule has 15 heavy (non-hydrogen) atoms. The minimum Gasteiger partial charge on any atom is -0.481 e. The minimum atomic E-state index is 0.495. The van der Waals surface area contributed by atoms with Crippen molar-refractivity contribution in [3.63, 3.8) is 0 Å². The second-order valence-corrected chi connectivity index (χ2v) is 4.09. The minimum absolute atomic E-state index is 0.495. The van der Waals surface area contributed by atoms with Crippen LogP contribution in [-0.4, -0.2) is 18.1 Å². The fourth-order valence-electron chi connectivity index (χ4n) is 1.25. The molecule has 0 bridgehead atoms. The number of nitrogens with one attached hydrogen (secondary N) is 1. The maximum absolute atomic E-state index is 5.19. The van der Waals surface area contributed by atoms with Crippen LogP contribution in [0.1, 0.15) is 26.3 Å². The maximum atomic E-state index is 5.19. The highest BCUT2D eigenvalue weighted by Gasteiger charge is 2.08. The van der Waals surface area contributed by atoms with Crippen LogP contribution in [0.2, 0.25) is 0 Å². The average Bonchev–Trinajstić information content (AvgIpc) is 2.26. The molecule has 0 aliphatic rings. The van der Waals surface area contributed by atoms with Gasteiger partial charge in [0.25, 0.3) is 0 Å². The van der Waals surface area contributed by atoms with Gasteiger partial charge in [-0.3, -0.25) is 0 Å². The molecule has 0 saturated heterocycles. The molecule has 1 unspecified atom stereocenters. The molecule has 1 N–H and O–H groups in total. The molecule has 0 fully saturated rings. The van der Waals surface area contributed by atoms with Crippen molar-refractivity contribution in [2.75, 3.05) is 7.11 Å². The molecule has 0 radical (unpaired) electrons. The summed E-state index contributed by atoms with van der Waals surface area (Å²) in [5, 5.41) is 3.45. The summed E-state index contributed by atoms with van der Waals surface area (Å²) in [7, 11) is 1.65. The Morgan fingerprint density at radius 2 is 2.13 bits per heavy atom. The molecule has 1 aromatic rings. The van der Waals surface area contributed by atoms with Gasteiger partial charge in [0.1, 0.15) is 0 Å². The van der Waals surface area contributed by atoms with E-state index in [4.69, 9.17) is 4.74 Å². The summed E-state index contributed by atoms with van der Waals surface area (Å²) in [4.78, 5) is 4.16. The van der Waals surface area contributed by atoms with Crippen LogP contribution in [0.25, 0.3) is 0 Å². The third-order valence-corrected chi connectivity index (χ3v) is 2.66. The van der Waals surface area contributed by atoms with E-state index in [1.165, 1.54) is 0 Å². The molecule has 0 amide bonds. The van der Waals surface area contributed by atoms with Gasteiger partial charge in [-0.15, -0.1) is 0 Å². The Morgan fingerprint density at radius 1 is 1.40 bits per heavy atom. The monoisotopic (exact) mass is 208 g/mol. The standard InChI is InChI=1S/C12H20N2O/c1-9(2)10(3)14-8-11-6-5-7-13-12(11)15-4/h5-7,9-10,14H,8H2,1-4H3. The molecule has 1 heterocycles. The van der Waals surface area contributed by atoms with E-state index < -0.39 is 0 Å². The van der Waals surface area contributed by atoms with Crippen LogP contribution in [0, 0.1) is 5.92 Å². The second-order valence-electron chi connectivity index (χ2n) is 4.09. The first-order valence-corrected chi connectivity index (χ1v) is 5.36. The van der Waals surface area contributed by atoms with E-state index in [0.29, 0.717) is 17.8 Å². The zero-order chi connectivity index (χ0) is 11.3. The molecule has 0 aliphatic carbocycles. The lowest BCUT2D eigenvalue weighted by atomic mass is 10.1. The van der Waals surface area contributed by atoms with Gasteiger partial charge >= 0.3 is 0 Å². The summed E-state index contributed by atoms with van der Waals surface area (Å²) in [5.74, 6) is 1.34. The summed E-state index contributed by atoms with van der Waals surface area (Å²) in [6, 6.07) is 4.46. The zero-order valence-electron chi connectivity index (χ0n) is 9.95. The van der Waals surface area contributed by atoms with Crippen LogP contribution in [-0.2, 0) is 6.54 Å². The predicted molar refractivity (Wildman–Crippen MR) is 61.9 cm³/mol. The van der Waals surface area contributed by atoms with Crippen LogP contribution in [0.15, 0.2) is 18.3 Å². The lowest BCUT2D eigenvalue weighted by molar-refractivity contribution is 0.381. The Balaban J connectivity index is 2.57. The quantitative estimate of drug-likeness (QED) is 0.805. The third-order valence-electron chi connectivity index (χ3n) is 2.66. The van der Waals surface area contributed by atoms with E-state index in [1.54, 1.807) is 13.3 Å². The van der Waals surface area contributed by atoms with Gasteiger partial charge in [-0.1, -0.05) is 19.9 Å². The Bertz CT molecular complexity index is 299. The van der Waals surface area contributed by atoms with E-state index in [1.807, 2.05) is 12.1 Å². The predicted octanol–water partition coefficient (Wildman–Crippen LogP) is 2.22. The Morgan fingerprint density at radius 3 is 2.73 bits per heavy atom. The van der Waals surface area contributed by atoms with Gasteiger partial charge < -0.3 is 10.1 Å². The number of ether oxygens (including phenoxy) is 1. The summed E-state index contributed by atoms with van der Waals surface area (Å²) in [6.45, 7) is 7.40. The highest BCUT2D eigenvalue weighted by atomic mass is 16.5. The van der Waals surface area contributed by atoms with Gasteiger partial charge in [-0.2, -0.15) is 0 Å². The normalized spacial score (nSPS) is 12.9. The molecule has 1 rings (SSSR count). The van der Waals surface area contributed by atoms with Crippen LogP contribution >= 0.6 is 0 Å². The molecular formula is C12H20N2O. The third kappa shape index (κ3) is 3.51. The number of methoxy groups -OCH3 is 1. The molecule has 3 nitrogen and oxygen atoms in total. The maximum Gasteiger partial charge on any atom is 0.217 e. The summed E-state index contributed by atoms with van der Waals surface area (Å²) < 4.78 is 5.19. The summed E-state index contributed by atoms with van der Waals surface area (Å²) in [5.41, 5.74) is 1.10. The van der Waals surface area contributed by atoms with Gasteiger partial charge in [0.05, 0.1) is 7.11 Å². The number of nitrogens with zero attached hydrogens (tertiary/aromatic N) is 1. The van der Waals surface area contributed by atoms with E-state index in [9.17, 15) is 0 Å². The first kappa shape index (κ1) is 12.0. The molecule has 84 valence electrons. The van der Waals surface area contributed by atoms with Crippen LogP contribution in [0.5, 0.6) is 5.88 Å². The van der Waals surface area contributed by atoms with Gasteiger partial charge in [0, 0.05) is 24.3 Å². The van der Waals surface area contributed by atoms with E-state index in [2.05, 4.69) is 31.1 Å². The van der Waals surface area contributed by atoms with Crippen molar-refractivity contribution < 1.29 is 4.74 Å². The fraction of sp³-hybridized carbons (Fsp3) is 0.583. The van der Waals surface area contributed by atoms with E-state index in [-0.39, 0.29) is 0 Å². The lowest BCUT2D eigenvalue weighted by Crippen LogP contribution is -2.30. The van der Waals surface area contributed by atoms with Crippen molar-refractivity contribution in [1.29, 1.82) is 0 Å². The molecule has 0 aromatic carbocycles. The van der Waals surface area contributed by atoms with Crippen molar-refractivity contribution in [2.24, 2.45) is 5.92 Å². The number of aromatic nitrogens is 1. The number of rotatable bonds is 5. The Kier molecular flexibility index (Phi) is 4.56. The van der Waals surface area contributed by atoms with E-state index in [0.717, 1.165) is 12.1 Å². The number of hydrogen-bond acceptors (Lipinski definition) is 3. The molecule has 1 atom stereocenters.